The van der Waals surface area contributed by atoms with E-state index in [1.54, 1.807) is 0 Å². The van der Waals surface area contributed by atoms with E-state index in [4.69, 9.17) is 0 Å². The molecule has 0 rings (SSSR count). The molecule has 0 saturated heterocycles. The molecular formula is C12H18O4. The fourth-order valence-electron chi connectivity index (χ4n) is 1.22. The molecule has 0 saturated carbocycles. The predicted molar refractivity (Wildman–Crippen MR) is 59.1 cm³/mol. The van der Waals surface area contributed by atoms with Crippen molar-refractivity contribution in [2.45, 2.75) is 52.4 Å². The summed E-state index contributed by atoms with van der Waals surface area (Å²) in [6, 6.07) is 0. The summed E-state index contributed by atoms with van der Waals surface area (Å²) in [6.45, 7) is 3.34. The second-order valence-corrected chi connectivity index (χ2v) is 3.83. The molecule has 0 aromatic carbocycles. The summed E-state index contributed by atoms with van der Waals surface area (Å²) in [4.78, 5) is 44.3. The Balaban J connectivity index is 3.94. The second-order valence-electron chi connectivity index (χ2n) is 3.83. The van der Waals surface area contributed by atoms with Crippen LogP contribution >= 0.6 is 0 Å². The van der Waals surface area contributed by atoms with Gasteiger partial charge in [0.25, 0.3) is 5.78 Å². The van der Waals surface area contributed by atoms with Gasteiger partial charge in [-0.2, -0.15) is 0 Å². The lowest BCUT2D eigenvalue weighted by Crippen LogP contribution is -2.23. The molecule has 0 aromatic heterocycles. The third-order valence-corrected chi connectivity index (χ3v) is 2.20. The number of rotatable bonds is 9. The number of carbonyl (C=O) groups is 4. The Morgan fingerprint density at radius 3 is 1.75 bits per heavy atom. The first-order chi connectivity index (χ1) is 7.49. The van der Waals surface area contributed by atoms with Crippen LogP contribution in [-0.4, -0.2) is 23.1 Å². The highest BCUT2D eigenvalue weighted by Gasteiger charge is 2.21. The van der Waals surface area contributed by atoms with Crippen LogP contribution in [0.25, 0.3) is 0 Å². The zero-order valence-corrected chi connectivity index (χ0v) is 9.88. The summed E-state index contributed by atoms with van der Waals surface area (Å²) in [6.07, 6.45) is 2.22. The zero-order valence-electron chi connectivity index (χ0n) is 9.88. The quantitative estimate of drug-likeness (QED) is 0.442. The van der Waals surface area contributed by atoms with Gasteiger partial charge in [-0.25, -0.2) is 0 Å². The highest BCUT2D eigenvalue weighted by Crippen LogP contribution is 2.02. The molecule has 4 nitrogen and oxygen atoms in total. The number of hydrogen-bond acceptors (Lipinski definition) is 4. The molecule has 0 aliphatic rings. The molecule has 90 valence electrons. The predicted octanol–water partition coefficient (Wildman–Crippen LogP) is 1.64. The Labute approximate surface area is 95.4 Å². The third kappa shape index (κ3) is 6.22. The van der Waals surface area contributed by atoms with Gasteiger partial charge in [-0.1, -0.05) is 13.3 Å². The van der Waals surface area contributed by atoms with Crippen LogP contribution in [0.15, 0.2) is 0 Å². The summed E-state index contributed by atoms with van der Waals surface area (Å²) in [5.74, 6) is -2.19. The van der Waals surface area contributed by atoms with Crippen LogP contribution in [0.4, 0.5) is 0 Å². The van der Waals surface area contributed by atoms with Gasteiger partial charge >= 0.3 is 0 Å². The van der Waals surface area contributed by atoms with Crippen LogP contribution in [0.3, 0.4) is 0 Å². The van der Waals surface area contributed by atoms with Crippen molar-refractivity contribution in [3.8, 4) is 0 Å². The molecule has 16 heavy (non-hydrogen) atoms. The van der Waals surface area contributed by atoms with Crippen LogP contribution in [-0.2, 0) is 19.2 Å². The van der Waals surface area contributed by atoms with E-state index in [2.05, 4.69) is 0 Å². The highest BCUT2D eigenvalue weighted by atomic mass is 16.2. The van der Waals surface area contributed by atoms with Crippen molar-refractivity contribution in [1.29, 1.82) is 0 Å². The number of carbonyl (C=O) groups excluding carboxylic acids is 4. The lowest BCUT2D eigenvalue weighted by atomic mass is 10.0. The van der Waals surface area contributed by atoms with Gasteiger partial charge in [-0.3, -0.25) is 14.4 Å². The zero-order chi connectivity index (χ0) is 12.6. The van der Waals surface area contributed by atoms with Crippen molar-refractivity contribution in [3.05, 3.63) is 0 Å². The third-order valence-electron chi connectivity index (χ3n) is 2.20. The lowest BCUT2D eigenvalue weighted by Gasteiger charge is -1.98. The van der Waals surface area contributed by atoms with E-state index in [0.29, 0.717) is 12.8 Å². The van der Waals surface area contributed by atoms with Crippen molar-refractivity contribution in [2.24, 2.45) is 0 Å². The minimum Gasteiger partial charge on any atom is -0.300 e. The van der Waals surface area contributed by atoms with Crippen LogP contribution in [0.5, 0.6) is 0 Å². The first-order valence-corrected chi connectivity index (χ1v) is 5.58. The van der Waals surface area contributed by atoms with Crippen molar-refractivity contribution in [2.75, 3.05) is 0 Å². The Kier molecular flexibility index (Phi) is 7.25. The first-order valence-electron chi connectivity index (χ1n) is 5.58. The minimum atomic E-state index is -0.906. The van der Waals surface area contributed by atoms with Gasteiger partial charge in [-0.15, -0.1) is 0 Å². The van der Waals surface area contributed by atoms with Crippen LogP contribution in [0.2, 0.25) is 0 Å². The monoisotopic (exact) mass is 226 g/mol. The van der Waals surface area contributed by atoms with Gasteiger partial charge in [0.15, 0.2) is 0 Å². The summed E-state index contributed by atoms with van der Waals surface area (Å²) in [7, 11) is 0. The molecule has 4 heteroatoms. The second kappa shape index (κ2) is 7.91. The Morgan fingerprint density at radius 2 is 1.31 bits per heavy atom. The van der Waals surface area contributed by atoms with Crippen LogP contribution in [0, 0.1) is 0 Å². The Morgan fingerprint density at radius 1 is 0.812 bits per heavy atom. The molecule has 0 N–H and O–H groups in total. The Hall–Kier alpha value is -1.32. The molecule has 0 aliphatic heterocycles. The summed E-state index contributed by atoms with van der Waals surface area (Å²) >= 11 is 0. The van der Waals surface area contributed by atoms with Gasteiger partial charge in [0.1, 0.15) is 5.78 Å². The molecule has 0 bridgehead atoms. The lowest BCUT2D eigenvalue weighted by molar-refractivity contribution is -0.144. The maximum Gasteiger partial charge on any atom is 0.264 e. The van der Waals surface area contributed by atoms with Gasteiger partial charge < -0.3 is 4.79 Å². The number of ketones is 4. The number of Topliss-reactive ketones (excluding diaryl/α,β-unsaturated/α-hetero) is 4. The molecule has 0 aromatic rings. The minimum absolute atomic E-state index is 0.00369. The summed E-state index contributed by atoms with van der Waals surface area (Å²) < 4.78 is 0. The van der Waals surface area contributed by atoms with Crippen molar-refractivity contribution >= 4 is 23.1 Å². The maximum absolute atomic E-state index is 11.2. The molecule has 0 heterocycles. The van der Waals surface area contributed by atoms with E-state index in [0.717, 1.165) is 6.42 Å². The van der Waals surface area contributed by atoms with Crippen LogP contribution < -0.4 is 0 Å². The molecule has 0 atom stereocenters. The summed E-state index contributed by atoms with van der Waals surface area (Å²) in [5.41, 5.74) is 0. The fourth-order valence-corrected chi connectivity index (χ4v) is 1.22. The molecule has 0 spiro atoms. The van der Waals surface area contributed by atoms with Crippen LogP contribution in [0.1, 0.15) is 52.4 Å². The smallest absolute Gasteiger partial charge is 0.264 e. The largest absolute Gasteiger partial charge is 0.300 e. The topological polar surface area (TPSA) is 68.3 Å². The van der Waals surface area contributed by atoms with Crippen molar-refractivity contribution in [1.82, 2.24) is 0 Å². The van der Waals surface area contributed by atoms with E-state index in [1.807, 2.05) is 6.92 Å². The molecule has 0 aliphatic carbocycles. The van der Waals surface area contributed by atoms with Gasteiger partial charge in [0.05, 0.1) is 0 Å². The van der Waals surface area contributed by atoms with E-state index >= 15 is 0 Å². The van der Waals surface area contributed by atoms with E-state index < -0.39 is 17.3 Å². The SMILES string of the molecule is CCCCC(=O)C(=O)C(=O)CCCC(C)=O. The van der Waals surface area contributed by atoms with E-state index in [-0.39, 0.29) is 25.0 Å². The highest BCUT2D eigenvalue weighted by molar-refractivity contribution is 6.63. The van der Waals surface area contributed by atoms with Gasteiger partial charge in [0, 0.05) is 19.3 Å². The standard InChI is InChI=1S/C12H18O4/c1-3-4-7-10(14)12(16)11(15)8-5-6-9(2)13/h3-8H2,1-2H3. The average molecular weight is 226 g/mol. The van der Waals surface area contributed by atoms with Crippen molar-refractivity contribution in [3.63, 3.8) is 0 Å². The summed E-state index contributed by atoms with van der Waals surface area (Å²) in [5, 5.41) is 0. The number of hydrogen-bond donors (Lipinski definition) is 0. The normalized spacial score (nSPS) is 9.88. The maximum atomic E-state index is 11.2. The van der Waals surface area contributed by atoms with Gasteiger partial charge in [-0.05, 0) is 19.8 Å². The first kappa shape index (κ1) is 14.7. The molecule has 0 amide bonds. The molecule has 0 fully saturated rings. The van der Waals surface area contributed by atoms with Crippen molar-refractivity contribution < 1.29 is 19.2 Å². The number of unbranched alkanes of at least 4 members (excludes halogenated alkanes) is 1. The molecular weight excluding hydrogens is 208 g/mol. The fraction of sp³-hybridized carbons (Fsp3) is 0.667. The molecule has 0 radical (unpaired) electrons. The van der Waals surface area contributed by atoms with E-state index in [9.17, 15) is 19.2 Å². The van der Waals surface area contributed by atoms with Gasteiger partial charge in [0.2, 0.25) is 11.6 Å². The van der Waals surface area contributed by atoms with E-state index in [1.165, 1.54) is 6.92 Å². The average Bonchev–Trinajstić information content (AvgIpc) is 2.24. The Bertz CT molecular complexity index is 291. The molecule has 0 unspecified atom stereocenters.